The van der Waals surface area contributed by atoms with E-state index >= 15 is 0 Å². The highest BCUT2D eigenvalue weighted by Gasteiger charge is 2.52. The first-order chi connectivity index (χ1) is 11.1. The number of hydrogen-bond acceptors (Lipinski definition) is 4. The quantitative estimate of drug-likeness (QED) is 0.643. The molecule has 0 aromatic rings. The predicted molar refractivity (Wildman–Crippen MR) is 84.7 cm³/mol. The fourth-order valence-corrected chi connectivity index (χ4v) is 3.83. The third-order valence-corrected chi connectivity index (χ3v) is 5.22. The fourth-order valence-electron chi connectivity index (χ4n) is 3.83. The summed E-state index contributed by atoms with van der Waals surface area (Å²) >= 11 is 0. The van der Waals surface area contributed by atoms with Gasteiger partial charge in [-0.15, -0.1) is 0 Å². The van der Waals surface area contributed by atoms with Crippen LogP contribution in [0.5, 0.6) is 0 Å². The van der Waals surface area contributed by atoms with Crippen LogP contribution in [0.25, 0.3) is 0 Å². The molecule has 3 rings (SSSR count). The van der Waals surface area contributed by atoms with E-state index in [1.807, 2.05) is 0 Å². The summed E-state index contributed by atoms with van der Waals surface area (Å²) in [6.45, 7) is 1.78. The number of carbonyl (C=O) groups is 3. The van der Waals surface area contributed by atoms with E-state index in [0.29, 0.717) is 25.4 Å². The zero-order valence-electron chi connectivity index (χ0n) is 13.5. The first-order valence-electron chi connectivity index (χ1n) is 8.75. The van der Waals surface area contributed by atoms with Crippen molar-refractivity contribution >= 4 is 17.8 Å². The number of amides is 4. The van der Waals surface area contributed by atoms with Gasteiger partial charge < -0.3 is 16.0 Å². The number of urea groups is 1. The Morgan fingerprint density at radius 2 is 2.00 bits per heavy atom. The maximum Gasteiger partial charge on any atom is 0.325 e. The molecule has 7 heteroatoms. The van der Waals surface area contributed by atoms with E-state index in [-0.39, 0.29) is 30.8 Å². The van der Waals surface area contributed by atoms with Crippen molar-refractivity contribution in [3.8, 4) is 0 Å². The van der Waals surface area contributed by atoms with E-state index in [1.165, 1.54) is 17.7 Å². The normalized spacial score (nSPS) is 26.6. The maximum absolute atomic E-state index is 12.5. The van der Waals surface area contributed by atoms with Crippen LogP contribution in [0.1, 0.15) is 51.4 Å². The first-order valence-corrected chi connectivity index (χ1v) is 8.75. The molecule has 3 fully saturated rings. The van der Waals surface area contributed by atoms with Gasteiger partial charge in [-0.25, -0.2) is 4.79 Å². The summed E-state index contributed by atoms with van der Waals surface area (Å²) in [5.74, 6) is -0.257. The highest BCUT2D eigenvalue weighted by atomic mass is 16.2. The summed E-state index contributed by atoms with van der Waals surface area (Å²) in [5, 5.41) is 9.10. The molecule has 1 spiro atoms. The molecule has 0 radical (unpaired) electrons. The lowest BCUT2D eigenvalue weighted by molar-refractivity contribution is -0.131. The number of rotatable bonds is 5. The van der Waals surface area contributed by atoms with E-state index in [2.05, 4.69) is 16.0 Å². The van der Waals surface area contributed by atoms with E-state index in [0.717, 1.165) is 25.8 Å². The van der Waals surface area contributed by atoms with Crippen LogP contribution in [0.3, 0.4) is 0 Å². The molecule has 0 aromatic carbocycles. The maximum atomic E-state index is 12.5. The van der Waals surface area contributed by atoms with Gasteiger partial charge in [-0.05, 0) is 32.2 Å². The van der Waals surface area contributed by atoms with Gasteiger partial charge in [0.25, 0.3) is 5.91 Å². The Hall–Kier alpha value is -1.63. The summed E-state index contributed by atoms with van der Waals surface area (Å²) in [7, 11) is 0. The average Bonchev–Trinajstić information content (AvgIpc) is 3.11. The molecule has 1 aliphatic carbocycles. The van der Waals surface area contributed by atoms with Crippen molar-refractivity contribution in [3.63, 3.8) is 0 Å². The minimum Gasteiger partial charge on any atom is -0.354 e. The molecule has 0 aromatic heterocycles. The monoisotopic (exact) mass is 322 g/mol. The van der Waals surface area contributed by atoms with E-state index in [4.69, 9.17) is 0 Å². The molecule has 3 aliphatic rings. The number of hydrogen-bond donors (Lipinski definition) is 3. The first kappa shape index (κ1) is 16.2. The second-order valence-corrected chi connectivity index (χ2v) is 6.88. The van der Waals surface area contributed by atoms with Gasteiger partial charge >= 0.3 is 6.03 Å². The van der Waals surface area contributed by atoms with Crippen LogP contribution in [-0.4, -0.2) is 54.0 Å². The lowest BCUT2D eigenvalue weighted by Crippen LogP contribution is -2.45. The Kier molecular flexibility index (Phi) is 4.84. The van der Waals surface area contributed by atoms with Crippen LogP contribution in [0.4, 0.5) is 4.79 Å². The van der Waals surface area contributed by atoms with Crippen LogP contribution in [-0.2, 0) is 9.59 Å². The van der Waals surface area contributed by atoms with Crippen molar-refractivity contribution in [2.75, 3.05) is 19.6 Å². The predicted octanol–water partition coefficient (Wildman–Crippen LogP) is 0.499. The molecular weight excluding hydrogens is 296 g/mol. The van der Waals surface area contributed by atoms with Crippen molar-refractivity contribution in [2.45, 2.75) is 62.9 Å². The molecule has 128 valence electrons. The Balaban J connectivity index is 1.43. The highest BCUT2D eigenvalue weighted by Crippen LogP contribution is 2.34. The lowest BCUT2D eigenvalue weighted by Gasteiger charge is -2.23. The minimum atomic E-state index is -0.681. The summed E-state index contributed by atoms with van der Waals surface area (Å²) in [4.78, 5) is 37.6. The molecule has 2 saturated heterocycles. The van der Waals surface area contributed by atoms with Crippen molar-refractivity contribution in [1.29, 1.82) is 0 Å². The number of nitrogens with one attached hydrogen (secondary N) is 3. The van der Waals surface area contributed by atoms with Gasteiger partial charge in [0.1, 0.15) is 5.54 Å². The van der Waals surface area contributed by atoms with Crippen molar-refractivity contribution in [2.24, 2.45) is 0 Å². The molecular formula is C16H26N4O3. The molecule has 7 nitrogen and oxygen atoms in total. The lowest BCUT2D eigenvalue weighted by atomic mass is 9.98. The van der Waals surface area contributed by atoms with Crippen LogP contribution >= 0.6 is 0 Å². The van der Waals surface area contributed by atoms with Crippen molar-refractivity contribution < 1.29 is 14.4 Å². The molecule has 3 N–H and O–H groups in total. The van der Waals surface area contributed by atoms with Crippen LogP contribution in [0.2, 0.25) is 0 Å². The Bertz CT molecular complexity index is 482. The SMILES string of the molecule is O=C(CCN1C(=O)NC2(CCCC2)C1=O)NCC1CCCCN1. The molecule has 1 saturated carbocycles. The van der Waals surface area contributed by atoms with Crippen LogP contribution in [0, 0.1) is 0 Å². The molecule has 0 bridgehead atoms. The van der Waals surface area contributed by atoms with Gasteiger partial charge in [-0.3, -0.25) is 14.5 Å². The van der Waals surface area contributed by atoms with Gasteiger partial charge in [0.05, 0.1) is 0 Å². The van der Waals surface area contributed by atoms with Gasteiger partial charge in [-0.2, -0.15) is 0 Å². The summed E-state index contributed by atoms with van der Waals surface area (Å²) in [5.41, 5.74) is -0.681. The van der Waals surface area contributed by atoms with Crippen LogP contribution in [0.15, 0.2) is 0 Å². The Morgan fingerprint density at radius 3 is 2.70 bits per heavy atom. The second kappa shape index (κ2) is 6.86. The molecule has 2 aliphatic heterocycles. The number of imide groups is 1. The Morgan fingerprint density at radius 1 is 1.22 bits per heavy atom. The van der Waals surface area contributed by atoms with E-state index < -0.39 is 5.54 Å². The van der Waals surface area contributed by atoms with Gasteiger partial charge in [0.2, 0.25) is 5.91 Å². The van der Waals surface area contributed by atoms with Crippen molar-refractivity contribution in [1.82, 2.24) is 20.9 Å². The largest absolute Gasteiger partial charge is 0.354 e. The molecule has 1 atom stereocenters. The minimum absolute atomic E-state index is 0.106. The Labute approximate surface area is 136 Å². The zero-order chi connectivity index (χ0) is 16.3. The average molecular weight is 322 g/mol. The second-order valence-electron chi connectivity index (χ2n) is 6.88. The fraction of sp³-hybridized carbons (Fsp3) is 0.812. The molecule has 23 heavy (non-hydrogen) atoms. The third-order valence-electron chi connectivity index (χ3n) is 5.22. The van der Waals surface area contributed by atoms with Gasteiger partial charge in [0.15, 0.2) is 0 Å². The number of carbonyl (C=O) groups excluding carboxylic acids is 3. The van der Waals surface area contributed by atoms with Gasteiger partial charge in [-0.1, -0.05) is 19.3 Å². The van der Waals surface area contributed by atoms with Gasteiger partial charge in [0, 0.05) is 25.6 Å². The van der Waals surface area contributed by atoms with E-state index in [9.17, 15) is 14.4 Å². The summed E-state index contributed by atoms with van der Waals surface area (Å²) in [6, 6.07) is -0.00942. The summed E-state index contributed by atoms with van der Waals surface area (Å²) in [6.07, 6.45) is 7.00. The standard InChI is InChI=1S/C16H26N4O3/c21-13(18-11-12-5-1-4-9-17-12)6-10-20-14(22)16(19-15(20)23)7-2-3-8-16/h12,17H,1-11H2,(H,18,21)(H,19,23). The molecule has 2 heterocycles. The molecule has 1 unspecified atom stereocenters. The highest BCUT2D eigenvalue weighted by molar-refractivity contribution is 6.07. The number of piperidine rings is 1. The third kappa shape index (κ3) is 3.49. The number of nitrogens with zero attached hydrogens (tertiary/aromatic N) is 1. The van der Waals surface area contributed by atoms with Crippen LogP contribution < -0.4 is 16.0 Å². The smallest absolute Gasteiger partial charge is 0.325 e. The van der Waals surface area contributed by atoms with E-state index in [1.54, 1.807) is 0 Å². The van der Waals surface area contributed by atoms with Crippen molar-refractivity contribution in [3.05, 3.63) is 0 Å². The summed E-state index contributed by atoms with van der Waals surface area (Å²) < 4.78 is 0. The topological polar surface area (TPSA) is 90.5 Å². The molecule has 4 amide bonds. The zero-order valence-corrected chi connectivity index (χ0v) is 13.5.